The molecule has 0 radical (unpaired) electrons. The third-order valence-electron chi connectivity index (χ3n) is 6.69. The standard InChI is InChI=1S/C26H31N3O5S/c1-18(2)10-11-26(32)12-14-29(15-13-26)25(31)20-8-6-19(7-9-20)16-35(33,34)22-5-3-4-21-23(22)27-17-28-24(21)30/h3-9,17-18,32H,10-16H2,1-2H3,(H,27,28,30). The second kappa shape index (κ2) is 9.91. The van der Waals surface area contributed by atoms with E-state index in [0.717, 1.165) is 12.8 Å². The molecule has 2 N–H and O–H groups in total. The van der Waals surface area contributed by atoms with Gasteiger partial charge in [-0.15, -0.1) is 0 Å². The average molecular weight is 498 g/mol. The fourth-order valence-electron chi connectivity index (χ4n) is 4.48. The Morgan fingerprint density at radius 1 is 1.14 bits per heavy atom. The second-order valence-electron chi connectivity index (χ2n) is 9.79. The molecule has 1 aliphatic rings. The lowest BCUT2D eigenvalue weighted by Crippen LogP contribution is -2.46. The van der Waals surface area contributed by atoms with Gasteiger partial charge in [0.25, 0.3) is 11.5 Å². The molecule has 4 rings (SSSR count). The van der Waals surface area contributed by atoms with Crippen molar-refractivity contribution in [3.8, 4) is 0 Å². The van der Waals surface area contributed by atoms with Crippen LogP contribution in [0.3, 0.4) is 0 Å². The highest BCUT2D eigenvalue weighted by Gasteiger charge is 2.34. The average Bonchev–Trinajstić information content (AvgIpc) is 2.83. The van der Waals surface area contributed by atoms with Crippen molar-refractivity contribution in [2.45, 2.75) is 55.8 Å². The van der Waals surface area contributed by atoms with Crippen molar-refractivity contribution in [1.82, 2.24) is 14.9 Å². The number of amides is 1. The predicted molar refractivity (Wildman–Crippen MR) is 134 cm³/mol. The minimum atomic E-state index is -3.77. The molecule has 3 aromatic rings. The largest absolute Gasteiger partial charge is 0.390 e. The molecule has 8 nitrogen and oxygen atoms in total. The maximum atomic E-state index is 13.1. The van der Waals surface area contributed by atoms with Crippen molar-refractivity contribution < 1.29 is 18.3 Å². The summed E-state index contributed by atoms with van der Waals surface area (Å²) in [6, 6.07) is 11.1. The van der Waals surface area contributed by atoms with Gasteiger partial charge in [0.2, 0.25) is 0 Å². The van der Waals surface area contributed by atoms with Gasteiger partial charge < -0.3 is 15.0 Å². The minimum absolute atomic E-state index is 0.000441. The molecule has 1 fully saturated rings. The fraction of sp³-hybridized carbons (Fsp3) is 0.423. The summed E-state index contributed by atoms with van der Waals surface area (Å²) in [5.41, 5.74) is 0.0513. The van der Waals surface area contributed by atoms with Crippen LogP contribution < -0.4 is 5.56 Å². The number of sulfone groups is 1. The molecule has 1 amide bonds. The number of carbonyl (C=O) groups is 1. The van der Waals surface area contributed by atoms with Crippen LogP contribution in [0.5, 0.6) is 0 Å². The van der Waals surface area contributed by atoms with Crippen molar-refractivity contribution in [2.24, 2.45) is 5.92 Å². The molecule has 35 heavy (non-hydrogen) atoms. The lowest BCUT2D eigenvalue weighted by Gasteiger charge is -2.38. The van der Waals surface area contributed by atoms with Gasteiger partial charge in [0.1, 0.15) is 0 Å². The van der Waals surface area contributed by atoms with Gasteiger partial charge in [0.15, 0.2) is 9.84 Å². The molecule has 0 spiro atoms. The number of rotatable bonds is 7. The Morgan fingerprint density at radius 2 is 1.83 bits per heavy atom. The number of aromatic amines is 1. The smallest absolute Gasteiger partial charge is 0.258 e. The van der Waals surface area contributed by atoms with Crippen molar-refractivity contribution in [2.75, 3.05) is 13.1 Å². The van der Waals surface area contributed by atoms with E-state index in [9.17, 15) is 23.1 Å². The highest BCUT2D eigenvalue weighted by molar-refractivity contribution is 7.90. The summed E-state index contributed by atoms with van der Waals surface area (Å²) in [5, 5.41) is 11.0. The van der Waals surface area contributed by atoms with Gasteiger partial charge in [0.05, 0.1) is 33.5 Å². The molecular weight excluding hydrogens is 466 g/mol. The number of para-hydroxylation sites is 1. The number of hydrogen-bond donors (Lipinski definition) is 2. The van der Waals surface area contributed by atoms with E-state index in [0.29, 0.717) is 43.0 Å². The number of benzene rings is 2. The summed E-state index contributed by atoms with van der Waals surface area (Å²) >= 11 is 0. The summed E-state index contributed by atoms with van der Waals surface area (Å²) in [7, 11) is -3.77. The van der Waals surface area contributed by atoms with Crippen molar-refractivity contribution in [1.29, 1.82) is 0 Å². The lowest BCUT2D eigenvalue weighted by molar-refractivity contribution is -0.0262. The molecule has 0 aliphatic carbocycles. The molecule has 0 saturated carbocycles. The monoisotopic (exact) mass is 497 g/mol. The fourth-order valence-corrected chi connectivity index (χ4v) is 6.01. The van der Waals surface area contributed by atoms with Crippen LogP contribution in [0.1, 0.15) is 55.5 Å². The van der Waals surface area contributed by atoms with Crippen LogP contribution in [0.4, 0.5) is 0 Å². The van der Waals surface area contributed by atoms with Gasteiger partial charge in [-0.2, -0.15) is 0 Å². The number of carbonyl (C=O) groups excluding carboxylic acids is 1. The van der Waals surface area contributed by atoms with Crippen molar-refractivity contribution in [3.05, 3.63) is 70.3 Å². The number of H-pyrrole nitrogens is 1. The first kappa shape index (κ1) is 25.1. The maximum absolute atomic E-state index is 13.1. The number of nitrogens with zero attached hydrogens (tertiary/aromatic N) is 2. The predicted octanol–water partition coefficient (Wildman–Crippen LogP) is 3.30. The molecular formula is C26H31N3O5S. The van der Waals surface area contributed by atoms with Crippen LogP contribution in [0.25, 0.3) is 10.9 Å². The summed E-state index contributed by atoms with van der Waals surface area (Å²) in [6.07, 6.45) is 4.01. The molecule has 1 aromatic heterocycles. The van der Waals surface area contributed by atoms with E-state index in [1.165, 1.54) is 24.5 Å². The van der Waals surface area contributed by atoms with E-state index in [1.54, 1.807) is 29.2 Å². The second-order valence-corrected chi connectivity index (χ2v) is 11.7. The molecule has 0 bridgehead atoms. The van der Waals surface area contributed by atoms with Gasteiger partial charge in [-0.25, -0.2) is 13.4 Å². The van der Waals surface area contributed by atoms with E-state index >= 15 is 0 Å². The van der Waals surface area contributed by atoms with Gasteiger partial charge in [0, 0.05) is 18.7 Å². The Morgan fingerprint density at radius 3 is 2.49 bits per heavy atom. The Hall–Kier alpha value is -3.04. The van der Waals surface area contributed by atoms with Gasteiger partial charge in [-0.1, -0.05) is 32.0 Å². The zero-order valence-corrected chi connectivity index (χ0v) is 20.8. The summed E-state index contributed by atoms with van der Waals surface area (Å²) in [4.78, 5) is 33.2. The Kier molecular flexibility index (Phi) is 7.10. The molecule has 2 aromatic carbocycles. The molecule has 1 saturated heterocycles. The van der Waals surface area contributed by atoms with Gasteiger partial charge >= 0.3 is 0 Å². The number of nitrogens with one attached hydrogen (secondary N) is 1. The lowest BCUT2D eigenvalue weighted by atomic mass is 9.85. The first-order valence-corrected chi connectivity index (χ1v) is 13.5. The topological polar surface area (TPSA) is 120 Å². The normalized spacial score (nSPS) is 16.1. The minimum Gasteiger partial charge on any atom is -0.390 e. The van der Waals surface area contributed by atoms with Crippen molar-refractivity contribution >= 4 is 26.6 Å². The van der Waals surface area contributed by atoms with E-state index in [4.69, 9.17) is 0 Å². The molecule has 2 heterocycles. The van der Waals surface area contributed by atoms with Crippen LogP contribution in [0.15, 0.2) is 58.5 Å². The summed E-state index contributed by atoms with van der Waals surface area (Å²) in [6.45, 7) is 5.27. The summed E-state index contributed by atoms with van der Waals surface area (Å²) in [5.74, 6) is 0.130. The number of likely N-dealkylation sites (tertiary alicyclic amines) is 1. The SMILES string of the molecule is CC(C)CCC1(O)CCN(C(=O)c2ccc(CS(=O)(=O)c3cccc4c(=O)[nH]cnc34)cc2)CC1. The molecule has 186 valence electrons. The van der Waals surface area contributed by atoms with Crippen LogP contribution in [-0.4, -0.2) is 53.0 Å². The number of aromatic nitrogens is 2. The summed E-state index contributed by atoms with van der Waals surface area (Å²) < 4.78 is 26.2. The van der Waals surface area contributed by atoms with Crippen LogP contribution in [0, 0.1) is 5.92 Å². The van der Waals surface area contributed by atoms with Crippen LogP contribution in [0.2, 0.25) is 0 Å². The first-order valence-electron chi connectivity index (χ1n) is 11.9. The number of fused-ring (bicyclic) bond motifs is 1. The zero-order valence-electron chi connectivity index (χ0n) is 20.0. The Labute approximate surface area is 204 Å². The van der Waals surface area contributed by atoms with E-state index in [1.807, 2.05) is 0 Å². The number of aliphatic hydroxyl groups is 1. The third-order valence-corrected chi connectivity index (χ3v) is 8.41. The van der Waals surface area contributed by atoms with Crippen LogP contribution in [-0.2, 0) is 15.6 Å². The van der Waals surface area contributed by atoms with Gasteiger partial charge in [-0.05, 0) is 61.4 Å². The van der Waals surface area contributed by atoms with E-state index in [2.05, 4.69) is 23.8 Å². The zero-order chi connectivity index (χ0) is 25.2. The number of hydrogen-bond acceptors (Lipinski definition) is 6. The van der Waals surface area contributed by atoms with Crippen LogP contribution >= 0.6 is 0 Å². The maximum Gasteiger partial charge on any atom is 0.258 e. The third kappa shape index (κ3) is 5.62. The van der Waals surface area contributed by atoms with Gasteiger partial charge in [-0.3, -0.25) is 9.59 Å². The first-order chi connectivity index (χ1) is 16.6. The number of piperidine rings is 1. The quantitative estimate of drug-likeness (QED) is 0.517. The van der Waals surface area contributed by atoms with E-state index in [-0.39, 0.29) is 27.5 Å². The van der Waals surface area contributed by atoms with Crippen molar-refractivity contribution in [3.63, 3.8) is 0 Å². The Bertz CT molecular complexity index is 1370. The Balaban J connectivity index is 1.44. The molecule has 9 heteroatoms. The highest BCUT2D eigenvalue weighted by atomic mass is 32.2. The molecule has 1 aliphatic heterocycles. The van der Waals surface area contributed by atoms with E-state index < -0.39 is 21.0 Å². The highest BCUT2D eigenvalue weighted by Crippen LogP contribution is 2.29. The molecule has 0 atom stereocenters. The molecule has 0 unspecified atom stereocenters.